The fourth-order valence-electron chi connectivity index (χ4n) is 2.37. The molecule has 0 saturated carbocycles. The summed E-state index contributed by atoms with van der Waals surface area (Å²) in [5.41, 5.74) is -0.343. The summed E-state index contributed by atoms with van der Waals surface area (Å²) < 4.78 is 52.8. The molecule has 0 fully saturated rings. The summed E-state index contributed by atoms with van der Waals surface area (Å²) in [5, 5.41) is 2.44. The van der Waals surface area contributed by atoms with Crippen molar-refractivity contribution >= 4 is 17.4 Å². The van der Waals surface area contributed by atoms with E-state index in [0.29, 0.717) is 12.1 Å². The number of pyridine rings is 2. The second-order valence-electron chi connectivity index (χ2n) is 5.22. The predicted octanol–water partition coefficient (Wildman–Crippen LogP) is 3.70. The van der Waals surface area contributed by atoms with Crippen LogP contribution < -0.4 is 5.32 Å². The fraction of sp³-hybridized carbons (Fsp3) is 0.188. The molecule has 0 aliphatic heterocycles. The molecule has 3 heterocycles. The summed E-state index contributed by atoms with van der Waals surface area (Å²) in [4.78, 5) is 20.4. The zero-order valence-electron chi connectivity index (χ0n) is 12.9. The Kier molecular flexibility index (Phi) is 4.15. The lowest BCUT2D eigenvalue weighted by molar-refractivity contribution is -0.137. The van der Waals surface area contributed by atoms with Crippen molar-refractivity contribution in [1.29, 1.82) is 0 Å². The molecule has 0 aliphatic rings. The lowest BCUT2D eigenvalue weighted by atomic mass is 10.2. The molecule has 0 bridgehead atoms. The van der Waals surface area contributed by atoms with Crippen molar-refractivity contribution in [3.8, 4) is 0 Å². The van der Waals surface area contributed by atoms with Crippen molar-refractivity contribution in [3.05, 3.63) is 59.4 Å². The smallest absolute Gasteiger partial charge is 0.305 e. The number of rotatable bonds is 3. The number of alkyl halides is 3. The molecular formula is C16H12F4N4O. The third-order valence-electron chi connectivity index (χ3n) is 3.54. The number of imidazole rings is 1. The van der Waals surface area contributed by atoms with Gasteiger partial charge in [-0.25, -0.2) is 14.4 Å². The molecule has 130 valence electrons. The highest BCUT2D eigenvalue weighted by Gasteiger charge is 2.31. The van der Waals surface area contributed by atoms with Crippen LogP contribution >= 0.6 is 0 Å². The van der Waals surface area contributed by atoms with Gasteiger partial charge < -0.3 is 5.32 Å². The Balaban J connectivity index is 2.06. The number of halogens is 4. The zero-order valence-corrected chi connectivity index (χ0v) is 12.9. The normalized spacial score (nSPS) is 11.7. The molecule has 0 aliphatic carbocycles. The first kappa shape index (κ1) is 16.9. The molecule has 0 spiro atoms. The number of amides is 1. The van der Waals surface area contributed by atoms with Gasteiger partial charge in [0.1, 0.15) is 23.0 Å². The van der Waals surface area contributed by atoms with Crippen LogP contribution in [-0.4, -0.2) is 20.3 Å². The first-order valence-corrected chi connectivity index (χ1v) is 7.30. The Labute approximate surface area is 139 Å². The number of anilines is 1. The first-order valence-electron chi connectivity index (χ1n) is 7.30. The van der Waals surface area contributed by atoms with Crippen molar-refractivity contribution in [2.75, 3.05) is 5.32 Å². The second-order valence-corrected chi connectivity index (χ2v) is 5.22. The number of aromatic nitrogens is 3. The number of fused-ring (bicyclic) bond motifs is 1. The Bertz CT molecular complexity index is 932. The number of carbonyl (C=O) groups excluding carboxylic acids is 1. The molecule has 1 amide bonds. The molecule has 9 heteroatoms. The van der Waals surface area contributed by atoms with Crippen LogP contribution in [0, 0.1) is 5.82 Å². The fourth-order valence-corrected chi connectivity index (χ4v) is 2.37. The van der Waals surface area contributed by atoms with E-state index in [1.807, 2.05) is 0 Å². The van der Waals surface area contributed by atoms with Crippen molar-refractivity contribution < 1.29 is 22.4 Å². The predicted molar refractivity (Wildman–Crippen MR) is 81.7 cm³/mol. The third-order valence-corrected chi connectivity index (χ3v) is 3.54. The van der Waals surface area contributed by atoms with Crippen LogP contribution in [0.2, 0.25) is 0 Å². The average molecular weight is 352 g/mol. The highest BCUT2D eigenvalue weighted by atomic mass is 19.4. The third kappa shape index (κ3) is 3.30. The van der Waals surface area contributed by atoms with Gasteiger partial charge in [0.2, 0.25) is 0 Å². The van der Waals surface area contributed by atoms with Crippen LogP contribution in [0.3, 0.4) is 0 Å². The van der Waals surface area contributed by atoms with Gasteiger partial charge in [-0.05, 0) is 30.7 Å². The van der Waals surface area contributed by atoms with Gasteiger partial charge in [-0.2, -0.15) is 13.2 Å². The molecule has 3 rings (SSSR count). The van der Waals surface area contributed by atoms with Gasteiger partial charge in [-0.3, -0.25) is 9.20 Å². The lowest BCUT2D eigenvalue weighted by Gasteiger charge is -2.09. The quantitative estimate of drug-likeness (QED) is 0.731. The standard InChI is InChI=1S/C16H12F4N4O/c1-2-11-14(15(25)23-12-5-4-10(17)7-21-12)24-8-9(16(18,19)20)3-6-13(24)22-11/h3-8H,2H2,1H3,(H,21,23,25). The molecule has 0 aromatic carbocycles. The highest BCUT2D eigenvalue weighted by Crippen LogP contribution is 2.30. The summed E-state index contributed by atoms with van der Waals surface area (Å²) >= 11 is 0. The van der Waals surface area contributed by atoms with E-state index in [9.17, 15) is 22.4 Å². The van der Waals surface area contributed by atoms with E-state index in [1.165, 1.54) is 12.1 Å². The molecule has 5 nitrogen and oxygen atoms in total. The van der Waals surface area contributed by atoms with Crippen LogP contribution in [-0.2, 0) is 12.6 Å². The molecule has 0 unspecified atom stereocenters. The Morgan fingerprint density at radius 2 is 2.00 bits per heavy atom. The maximum atomic E-state index is 12.9. The van der Waals surface area contributed by atoms with E-state index in [4.69, 9.17) is 0 Å². The Morgan fingerprint density at radius 1 is 1.24 bits per heavy atom. The largest absolute Gasteiger partial charge is 0.417 e. The minimum absolute atomic E-state index is 0.0188. The second kappa shape index (κ2) is 6.15. The van der Waals surface area contributed by atoms with Crippen LogP contribution in [0.25, 0.3) is 5.65 Å². The molecule has 0 saturated heterocycles. The topological polar surface area (TPSA) is 59.3 Å². The van der Waals surface area contributed by atoms with E-state index < -0.39 is 23.5 Å². The highest BCUT2D eigenvalue weighted by molar-refractivity contribution is 6.04. The van der Waals surface area contributed by atoms with Crippen LogP contribution in [0.5, 0.6) is 0 Å². The number of nitrogens with zero attached hydrogens (tertiary/aromatic N) is 3. The summed E-state index contributed by atoms with van der Waals surface area (Å²) in [7, 11) is 0. The van der Waals surface area contributed by atoms with Gasteiger partial charge in [-0.15, -0.1) is 0 Å². The van der Waals surface area contributed by atoms with Gasteiger partial charge in [0.25, 0.3) is 5.91 Å². The number of aryl methyl sites for hydroxylation is 1. The summed E-state index contributed by atoms with van der Waals surface area (Å²) in [6, 6.07) is 4.47. The van der Waals surface area contributed by atoms with Crippen molar-refractivity contribution in [1.82, 2.24) is 14.4 Å². The minimum Gasteiger partial charge on any atom is -0.305 e. The number of hydrogen-bond donors (Lipinski definition) is 1. The molecule has 1 N–H and O–H groups in total. The number of hydrogen-bond acceptors (Lipinski definition) is 3. The van der Waals surface area contributed by atoms with Crippen LogP contribution in [0.1, 0.15) is 28.7 Å². The summed E-state index contributed by atoms with van der Waals surface area (Å²) in [6.45, 7) is 1.74. The van der Waals surface area contributed by atoms with E-state index >= 15 is 0 Å². The number of nitrogens with one attached hydrogen (secondary N) is 1. The average Bonchev–Trinajstić information content (AvgIpc) is 2.94. The lowest BCUT2D eigenvalue weighted by Crippen LogP contribution is -2.17. The van der Waals surface area contributed by atoms with Gasteiger partial charge in [0, 0.05) is 6.20 Å². The first-order chi connectivity index (χ1) is 11.8. The molecule has 25 heavy (non-hydrogen) atoms. The van der Waals surface area contributed by atoms with Crippen molar-refractivity contribution in [3.63, 3.8) is 0 Å². The van der Waals surface area contributed by atoms with E-state index in [0.717, 1.165) is 28.9 Å². The van der Waals surface area contributed by atoms with E-state index in [1.54, 1.807) is 6.92 Å². The van der Waals surface area contributed by atoms with Crippen LogP contribution in [0.15, 0.2) is 36.7 Å². The maximum Gasteiger partial charge on any atom is 0.417 e. The monoisotopic (exact) mass is 352 g/mol. The Morgan fingerprint density at radius 3 is 2.60 bits per heavy atom. The SMILES string of the molecule is CCc1nc2ccc(C(F)(F)F)cn2c1C(=O)Nc1ccc(F)cn1. The van der Waals surface area contributed by atoms with Gasteiger partial charge in [0.05, 0.1) is 17.5 Å². The minimum atomic E-state index is -4.54. The van der Waals surface area contributed by atoms with Crippen molar-refractivity contribution in [2.24, 2.45) is 0 Å². The summed E-state index contributed by atoms with van der Waals surface area (Å²) in [6.07, 6.45) is -2.44. The Hall–Kier alpha value is -2.97. The molecule has 0 radical (unpaired) electrons. The number of carbonyl (C=O) groups is 1. The zero-order chi connectivity index (χ0) is 18.2. The van der Waals surface area contributed by atoms with Crippen molar-refractivity contribution in [2.45, 2.75) is 19.5 Å². The van der Waals surface area contributed by atoms with E-state index in [-0.39, 0.29) is 17.2 Å². The van der Waals surface area contributed by atoms with E-state index in [2.05, 4.69) is 15.3 Å². The van der Waals surface area contributed by atoms with Gasteiger partial charge in [-0.1, -0.05) is 6.92 Å². The van der Waals surface area contributed by atoms with Gasteiger partial charge >= 0.3 is 6.18 Å². The molecule has 0 atom stereocenters. The molecule has 3 aromatic rings. The van der Waals surface area contributed by atoms with Crippen LogP contribution in [0.4, 0.5) is 23.4 Å². The molecular weight excluding hydrogens is 340 g/mol. The molecule has 3 aromatic heterocycles. The van der Waals surface area contributed by atoms with Gasteiger partial charge in [0.15, 0.2) is 0 Å². The summed E-state index contributed by atoms with van der Waals surface area (Å²) in [5.74, 6) is -1.17. The maximum absolute atomic E-state index is 12.9.